The molecule has 0 bridgehead atoms. The summed E-state index contributed by atoms with van der Waals surface area (Å²) in [5, 5.41) is 0. The number of thioether (sulfide) groups is 2. The van der Waals surface area contributed by atoms with Crippen molar-refractivity contribution in [2.75, 3.05) is 0 Å². The Kier molecular flexibility index (Phi) is 2.27. The van der Waals surface area contributed by atoms with Crippen LogP contribution < -0.4 is 0 Å². The maximum Gasteiger partial charge on any atom is 0.0276 e. The highest BCUT2D eigenvalue weighted by molar-refractivity contribution is 8.08. The molecule has 4 rings (SSSR count). The number of rotatable bonds is 2. The molecule has 0 N–H and O–H groups in total. The van der Waals surface area contributed by atoms with Crippen LogP contribution in [0.3, 0.4) is 0 Å². The summed E-state index contributed by atoms with van der Waals surface area (Å²) in [5.74, 6) is 1.17. The van der Waals surface area contributed by atoms with Crippen molar-refractivity contribution in [2.45, 2.75) is 6.42 Å². The molecule has 2 aliphatic heterocycles. The molecule has 0 saturated heterocycles. The van der Waals surface area contributed by atoms with Crippen LogP contribution in [0.5, 0.6) is 0 Å². The van der Waals surface area contributed by atoms with Gasteiger partial charge in [-0.05, 0) is 9.81 Å². The Labute approximate surface area is 110 Å². The second-order valence-corrected chi connectivity index (χ2v) is 7.01. The van der Waals surface area contributed by atoms with Crippen molar-refractivity contribution < 1.29 is 0 Å². The van der Waals surface area contributed by atoms with Gasteiger partial charge in [0, 0.05) is 28.1 Å². The average molecular weight is 256 g/mol. The maximum absolute atomic E-state index is 2.42. The van der Waals surface area contributed by atoms with E-state index in [0.717, 1.165) is 6.42 Å². The highest BCUT2D eigenvalue weighted by Gasteiger charge is 2.26. The number of hydrogen-bond acceptors (Lipinski definition) is 2. The van der Waals surface area contributed by atoms with Crippen LogP contribution in [0.4, 0.5) is 0 Å². The van der Waals surface area contributed by atoms with Crippen LogP contribution in [0, 0.1) is 11.8 Å². The molecule has 2 heteroatoms. The third kappa shape index (κ3) is 1.71. The fourth-order valence-corrected chi connectivity index (χ4v) is 5.00. The van der Waals surface area contributed by atoms with Crippen molar-refractivity contribution in [3.8, 4) is 0 Å². The molecule has 17 heavy (non-hydrogen) atoms. The minimum atomic E-state index is 0.584. The molecule has 2 heterocycles. The first-order valence-corrected chi connectivity index (χ1v) is 7.56. The van der Waals surface area contributed by atoms with Crippen molar-refractivity contribution in [2.24, 2.45) is 11.8 Å². The third-order valence-electron chi connectivity index (χ3n) is 3.39. The molecule has 0 aromatic rings. The van der Waals surface area contributed by atoms with E-state index in [1.54, 1.807) is 0 Å². The zero-order chi connectivity index (χ0) is 11.2. The third-order valence-corrected chi connectivity index (χ3v) is 5.77. The maximum atomic E-state index is 2.42. The molecule has 0 nitrogen and oxygen atoms in total. The van der Waals surface area contributed by atoms with Gasteiger partial charge in [0.05, 0.1) is 0 Å². The molecule has 2 aliphatic carbocycles. The quantitative estimate of drug-likeness (QED) is 0.697. The molecule has 2 unspecified atom stereocenters. The summed E-state index contributed by atoms with van der Waals surface area (Å²) in [6.07, 6.45) is 19.4. The fraction of sp³-hybridized carbons (Fsp3) is 0.200. The molecule has 0 saturated carbocycles. The average Bonchev–Trinajstić information content (AvgIpc) is 2.93. The van der Waals surface area contributed by atoms with Crippen molar-refractivity contribution in [1.29, 1.82) is 0 Å². The number of allylic oxidation sites excluding steroid dienone is 12. The highest BCUT2D eigenvalue weighted by atomic mass is 32.2. The van der Waals surface area contributed by atoms with Crippen LogP contribution in [-0.2, 0) is 0 Å². The first-order chi connectivity index (χ1) is 8.38. The molecule has 0 spiro atoms. The van der Waals surface area contributed by atoms with Crippen LogP contribution in [0.15, 0.2) is 68.2 Å². The van der Waals surface area contributed by atoms with Crippen LogP contribution in [0.1, 0.15) is 6.42 Å². The van der Waals surface area contributed by atoms with E-state index in [-0.39, 0.29) is 0 Å². The van der Waals surface area contributed by atoms with Crippen LogP contribution in [0.25, 0.3) is 0 Å². The highest BCUT2D eigenvalue weighted by Crippen LogP contribution is 2.50. The minimum Gasteiger partial charge on any atom is -0.0980 e. The summed E-state index contributed by atoms with van der Waals surface area (Å²) >= 11 is 3.93. The lowest BCUT2D eigenvalue weighted by Crippen LogP contribution is -1.81. The lowest BCUT2D eigenvalue weighted by atomic mass is 10.1. The van der Waals surface area contributed by atoms with Crippen LogP contribution in [0.2, 0.25) is 0 Å². The predicted octanol–water partition coefficient (Wildman–Crippen LogP) is 4.78. The Hall–Kier alpha value is -0.860. The predicted molar refractivity (Wildman–Crippen MR) is 77.4 cm³/mol. The van der Waals surface area contributed by atoms with E-state index in [9.17, 15) is 0 Å². The zero-order valence-corrected chi connectivity index (χ0v) is 10.9. The van der Waals surface area contributed by atoms with E-state index < -0.39 is 0 Å². The Bertz CT molecular complexity index is 505. The normalized spacial score (nSPS) is 32.2. The van der Waals surface area contributed by atoms with Gasteiger partial charge in [-0.3, -0.25) is 0 Å². The Morgan fingerprint density at radius 2 is 1.35 bits per heavy atom. The second-order valence-electron chi connectivity index (χ2n) is 4.61. The van der Waals surface area contributed by atoms with Gasteiger partial charge < -0.3 is 0 Å². The van der Waals surface area contributed by atoms with Gasteiger partial charge in [0.2, 0.25) is 0 Å². The molecular formula is C15H12S2. The van der Waals surface area contributed by atoms with Gasteiger partial charge in [0.25, 0.3) is 0 Å². The minimum absolute atomic E-state index is 0.584. The van der Waals surface area contributed by atoms with E-state index in [1.165, 1.54) is 19.6 Å². The summed E-state index contributed by atoms with van der Waals surface area (Å²) in [4.78, 5) is 6.05. The topological polar surface area (TPSA) is 0 Å². The Balaban J connectivity index is 1.50. The van der Waals surface area contributed by atoms with Gasteiger partial charge in [-0.2, -0.15) is 0 Å². The fourth-order valence-electron chi connectivity index (χ4n) is 2.56. The van der Waals surface area contributed by atoms with Crippen molar-refractivity contribution in [1.82, 2.24) is 0 Å². The van der Waals surface area contributed by atoms with Gasteiger partial charge in [0.15, 0.2) is 0 Å². The van der Waals surface area contributed by atoms with Crippen molar-refractivity contribution >= 4 is 23.5 Å². The largest absolute Gasteiger partial charge is 0.0980 e. The molecule has 0 amide bonds. The molecule has 84 valence electrons. The molecule has 2 atom stereocenters. The van der Waals surface area contributed by atoms with E-state index in [2.05, 4.69) is 48.6 Å². The molecule has 0 fully saturated rings. The lowest BCUT2D eigenvalue weighted by Gasteiger charge is -2.02. The monoisotopic (exact) mass is 256 g/mol. The smallest absolute Gasteiger partial charge is 0.0276 e. The summed E-state index contributed by atoms with van der Waals surface area (Å²) in [6.45, 7) is 0. The zero-order valence-electron chi connectivity index (χ0n) is 9.30. The standard InChI is InChI=1S/C15H12S2/c1-3-10-7-12(16-14(10)5-1)9-13-8-11-4-2-6-15(11)17-13/h1-8,10-11H,9H2. The number of fused-ring (bicyclic) bond motifs is 2. The van der Waals surface area contributed by atoms with Crippen molar-refractivity contribution in [3.63, 3.8) is 0 Å². The van der Waals surface area contributed by atoms with E-state index >= 15 is 0 Å². The summed E-state index contributed by atoms with van der Waals surface area (Å²) in [6, 6.07) is 0. The second kappa shape index (κ2) is 3.82. The molecule has 0 aromatic heterocycles. The van der Waals surface area contributed by atoms with Gasteiger partial charge in [-0.15, -0.1) is 0 Å². The molecular weight excluding hydrogens is 244 g/mol. The van der Waals surface area contributed by atoms with Crippen LogP contribution >= 0.6 is 23.5 Å². The van der Waals surface area contributed by atoms with Gasteiger partial charge in [0.1, 0.15) is 0 Å². The summed E-state index contributed by atoms with van der Waals surface area (Å²) < 4.78 is 0. The molecule has 0 aromatic carbocycles. The summed E-state index contributed by atoms with van der Waals surface area (Å²) in [5.41, 5.74) is 0. The summed E-state index contributed by atoms with van der Waals surface area (Å²) in [7, 11) is 0. The molecule has 4 aliphatic rings. The molecule has 0 radical (unpaired) electrons. The Morgan fingerprint density at radius 1 is 0.824 bits per heavy atom. The van der Waals surface area contributed by atoms with Gasteiger partial charge >= 0.3 is 0 Å². The SMILES string of the molecule is C1=CC2C=C(CC3=CC4C=CC=C4S3)SC2=C1. The van der Waals surface area contributed by atoms with E-state index in [0.29, 0.717) is 11.8 Å². The number of hydrogen-bond donors (Lipinski definition) is 0. The van der Waals surface area contributed by atoms with Crippen molar-refractivity contribution in [3.05, 3.63) is 68.2 Å². The van der Waals surface area contributed by atoms with E-state index in [1.807, 2.05) is 23.5 Å². The first kappa shape index (κ1) is 10.1. The van der Waals surface area contributed by atoms with E-state index in [4.69, 9.17) is 0 Å². The van der Waals surface area contributed by atoms with Crippen LogP contribution in [-0.4, -0.2) is 0 Å². The lowest BCUT2D eigenvalue weighted by molar-refractivity contribution is 1.06. The Morgan fingerprint density at radius 3 is 1.82 bits per heavy atom. The van der Waals surface area contributed by atoms with Gasteiger partial charge in [-0.25, -0.2) is 0 Å². The first-order valence-electron chi connectivity index (χ1n) is 5.92. The van der Waals surface area contributed by atoms with Gasteiger partial charge in [-0.1, -0.05) is 72.1 Å².